The van der Waals surface area contributed by atoms with E-state index in [1.807, 2.05) is 0 Å². The first-order valence-corrected chi connectivity index (χ1v) is 7.35. The number of hydrogen-bond donors (Lipinski definition) is 1. The fraction of sp³-hybridized carbons (Fsp3) is 0.750. The maximum absolute atomic E-state index is 5.93. The van der Waals surface area contributed by atoms with E-state index < -0.39 is 0 Å². The largest absolute Gasteiger partial charge is 0.464 e. The summed E-state index contributed by atoms with van der Waals surface area (Å²) in [5.41, 5.74) is 0.523. The van der Waals surface area contributed by atoms with Crippen LogP contribution < -0.4 is 5.32 Å². The lowest BCUT2D eigenvalue weighted by atomic mass is 9.92. The van der Waals surface area contributed by atoms with Gasteiger partial charge in [0.05, 0.1) is 6.54 Å². The molecule has 2 heteroatoms. The Morgan fingerprint density at radius 2 is 2.17 bits per heavy atom. The molecule has 1 aromatic heterocycles. The van der Waals surface area contributed by atoms with Gasteiger partial charge in [0.25, 0.3) is 0 Å². The molecule has 2 saturated carbocycles. The van der Waals surface area contributed by atoms with E-state index in [0.29, 0.717) is 17.4 Å². The predicted molar refractivity (Wildman–Crippen MR) is 73.5 cm³/mol. The van der Waals surface area contributed by atoms with Gasteiger partial charge in [-0.3, -0.25) is 0 Å². The van der Waals surface area contributed by atoms with Crippen LogP contribution in [0.25, 0.3) is 0 Å². The molecule has 0 aromatic carbocycles. The first kappa shape index (κ1) is 12.3. The molecule has 2 nitrogen and oxygen atoms in total. The van der Waals surface area contributed by atoms with Crippen LogP contribution in [0.15, 0.2) is 16.5 Å². The van der Waals surface area contributed by atoms with E-state index in [1.165, 1.54) is 31.4 Å². The van der Waals surface area contributed by atoms with Gasteiger partial charge in [0, 0.05) is 12.0 Å². The molecule has 2 aliphatic carbocycles. The van der Waals surface area contributed by atoms with E-state index in [9.17, 15) is 0 Å². The van der Waals surface area contributed by atoms with E-state index in [-0.39, 0.29) is 0 Å². The van der Waals surface area contributed by atoms with E-state index >= 15 is 0 Å². The summed E-state index contributed by atoms with van der Waals surface area (Å²) in [6.07, 6.45) is 5.24. The van der Waals surface area contributed by atoms with Crippen LogP contribution >= 0.6 is 0 Å². The van der Waals surface area contributed by atoms with Gasteiger partial charge in [0.15, 0.2) is 0 Å². The Balaban J connectivity index is 1.50. The SMILES string of the molecule is CC1CC1c1ccc(CNC2CCC(C)(C)C2)o1. The van der Waals surface area contributed by atoms with E-state index in [2.05, 4.69) is 38.2 Å². The molecule has 0 amide bonds. The van der Waals surface area contributed by atoms with Gasteiger partial charge >= 0.3 is 0 Å². The van der Waals surface area contributed by atoms with Crippen molar-refractivity contribution in [3.8, 4) is 0 Å². The molecule has 0 spiro atoms. The molecule has 1 aromatic rings. The van der Waals surface area contributed by atoms with Crippen molar-refractivity contribution in [2.75, 3.05) is 0 Å². The minimum Gasteiger partial charge on any atom is -0.464 e. The van der Waals surface area contributed by atoms with E-state index in [0.717, 1.165) is 18.2 Å². The van der Waals surface area contributed by atoms with Gasteiger partial charge in [-0.05, 0) is 49.1 Å². The topological polar surface area (TPSA) is 25.2 Å². The van der Waals surface area contributed by atoms with Gasteiger partial charge in [-0.25, -0.2) is 0 Å². The fourth-order valence-corrected chi connectivity index (χ4v) is 3.26. The van der Waals surface area contributed by atoms with Crippen LogP contribution in [0.2, 0.25) is 0 Å². The Hall–Kier alpha value is -0.760. The average molecular weight is 247 g/mol. The Morgan fingerprint density at radius 1 is 1.39 bits per heavy atom. The standard InChI is InChI=1S/C16H25NO/c1-11-8-14(11)15-5-4-13(18-15)10-17-12-6-7-16(2,3)9-12/h4-5,11-12,14,17H,6-10H2,1-3H3. The second kappa shape index (κ2) is 4.41. The third-order valence-corrected chi connectivity index (χ3v) is 4.69. The Kier molecular flexibility index (Phi) is 3.01. The molecule has 3 atom stereocenters. The third kappa shape index (κ3) is 2.64. The van der Waals surface area contributed by atoms with E-state index in [4.69, 9.17) is 4.42 Å². The van der Waals surface area contributed by atoms with Gasteiger partial charge in [0.2, 0.25) is 0 Å². The van der Waals surface area contributed by atoms with Crippen LogP contribution in [0.4, 0.5) is 0 Å². The number of furan rings is 1. The van der Waals surface area contributed by atoms with Crippen LogP contribution in [0.1, 0.15) is 63.9 Å². The first-order valence-electron chi connectivity index (χ1n) is 7.35. The van der Waals surface area contributed by atoms with Gasteiger partial charge < -0.3 is 9.73 Å². The lowest BCUT2D eigenvalue weighted by Crippen LogP contribution is -2.26. The molecule has 18 heavy (non-hydrogen) atoms. The summed E-state index contributed by atoms with van der Waals surface area (Å²) in [6, 6.07) is 4.99. The number of nitrogens with one attached hydrogen (secondary N) is 1. The van der Waals surface area contributed by atoms with Crippen molar-refractivity contribution in [2.24, 2.45) is 11.3 Å². The minimum atomic E-state index is 0.523. The summed E-state index contributed by atoms with van der Waals surface area (Å²) in [4.78, 5) is 0. The summed E-state index contributed by atoms with van der Waals surface area (Å²) in [5, 5.41) is 3.64. The summed E-state index contributed by atoms with van der Waals surface area (Å²) < 4.78 is 5.93. The van der Waals surface area contributed by atoms with Crippen molar-refractivity contribution in [3.63, 3.8) is 0 Å². The van der Waals surface area contributed by atoms with Crippen LogP contribution in [0.5, 0.6) is 0 Å². The minimum absolute atomic E-state index is 0.523. The van der Waals surface area contributed by atoms with Gasteiger partial charge in [0.1, 0.15) is 11.5 Å². The van der Waals surface area contributed by atoms with Gasteiger partial charge in [-0.2, -0.15) is 0 Å². The highest BCUT2D eigenvalue weighted by molar-refractivity contribution is 5.17. The van der Waals surface area contributed by atoms with Crippen LogP contribution in [0.3, 0.4) is 0 Å². The zero-order valence-corrected chi connectivity index (χ0v) is 11.8. The molecule has 1 heterocycles. The zero-order chi connectivity index (χ0) is 12.8. The number of rotatable bonds is 4. The molecule has 0 aliphatic heterocycles. The third-order valence-electron chi connectivity index (χ3n) is 4.69. The van der Waals surface area contributed by atoms with Gasteiger partial charge in [-0.1, -0.05) is 20.8 Å². The maximum Gasteiger partial charge on any atom is 0.117 e. The molecule has 0 bridgehead atoms. The smallest absolute Gasteiger partial charge is 0.117 e. The lowest BCUT2D eigenvalue weighted by molar-refractivity contribution is 0.357. The Labute approximate surface area is 110 Å². The summed E-state index contributed by atoms with van der Waals surface area (Å²) in [5.74, 6) is 3.83. The molecule has 0 radical (unpaired) electrons. The number of hydrogen-bond acceptors (Lipinski definition) is 2. The maximum atomic E-state index is 5.93. The van der Waals surface area contributed by atoms with Crippen molar-refractivity contribution in [3.05, 3.63) is 23.7 Å². The van der Waals surface area contributed by atoms with Crippen LogP contribution in [-0.4, -0.2) is 6.04 Å². The highest BCUT2D eigenvalue weighted by atomic mass is 16.3. The highest BCUT2D eigenvalue weighted by Crippen LogP contribution is 2.47. The van der Waals surface area contributed by atoms with Crippen molar-refractivity contribution in [2.45, 2.75) is 65.0 Å². The summed E-state index contributed by atoms with van der Waals surface area (Å²) in [7, 11) is 0. The quantitative estimate of drug-likeness (QED) is 0.867. The van der Waals surface area contributed by atoms with Gasteiger partial charge in [-0.15, -0.1) is 0 Å². The molecule has 1 N–H and O–H groups in total. The Bertz CT molecular complexity index is 420. The monoisotopic (exact) mass is 247 g/mol. The normalized spacial score (nSPS) is 33.8. The molecule has 2 aliphatic rings. The molecule has 3 unspecified atom stereocenters. The second-order valence-electron chi connectivity index (χ2n) is 7.11. The first-order chi connectivity index (χ1) is 8.53. The average Bonchev–Trinajstić information content (AvgIpc) is 2.76. The molecule has 2 fully saturated rings. The Morgan fingerprint density at radius 3 is 2.78 bits per heavy atom. The van der Waals surface area contributed by atoms with Crippen molar-refractivity contribution >= 4 is 0 Å². The van der Waals surface area contributed by atoms with Crippen LogP contribution in [-0.2, 0) is 6.54 Å². The zero-order valence-electron chi connectivity index (χ0n) is 11.8. The van der Waals surface area contributed by atoms with E-state index in [1.54, 1.807) is 0 Å². The van der Waals surface area contributed by atoms with Crippen molar-refractivity contribution < 1.29 is 4.42 Å². The summed E-state index contributed by atoms with van der Waals surface area (Å²) >= 11 is 0. The fourth-order valence-electron chi connectivity index (χ4n) is 3.26. The molecule has 3 rings (SSSR count). The van der Waals surface area contributed by atoms with Crippen molar-refractivity contribution in [1.82, 2.24) is 5.32 Å². The molecule has 0 saturated heterocycles. The molecular formula is C16H25NO. The highest BCUT2D eigenvalue weighted by Gasteiger charge is 2.36. The van der Waals surface area contributed by atoms with Crippen LogP contribution in [0, 0.1) is 11.3 Å². The second-order valence-corrected chi connectivity index (χ2v) is 7.11. The lowest BCUT2D eigenvalue weighted by Gasteiger charge is -2.17. The molecular weight excluding hydrogens is 222 g/mol. The van der Waals surface area contributed by atoms with Crippen molar-refractivity contribution in [1.29, 1.82) is 0 Å². The predicted octanol–water partition coefficient (Wildman–Crippen LogP) is 4.07. The summed E-state index contributed by atoms with van der Waals surface area (Å²) in [6.45, 7) is 7.93. The molecule has 100 valence electrons.